The van der Waals surface area contributed by atoms with Gasteiger partial charge in [0, 0.05) is 43.6 Å². The predicted molar refractivity (Wildman–Crippen MR) is 81.4 cm³/mol. The van der Waals surface area contributed by atoms with E-state index in [-0.39, 0.29) is 10.6 Å². The molecule has 2 rings (SSSR count). The number of non-ortho nitro benzene ring substituents is 1. The van der Waals surface area contributed by atoms with Crippen LogP contribution in [-0.2, 0) is 0 Å². The van der Waals surface area contributed by atoms with E-state index in [1.54, 1.807) is 13.1 Å². The van der Waals surface area contributed by atoms with Crippen LogP contribution in [0.4, 0.5) is 17.1 Å². The van der Waals surface area contributed by atoms with Crippen LogP contribution in [0.3, 0.4) is 0 Å². The maximum atomic E-state index is 10.9. The Morgan fingerprint density at radius 3 is 2.55 bits per heavy atom. The van der Waals surface area contributed by atoms with E-state index < -0.39 is 0 Å². The fourth-order valence-corrected chi connectivity index (χ4v) is 2.50. The Labute approximate surface area is 119 Å². The molecule has 1 fully saturated rings. The Kier molecular flexibility index (Phi) is 5.17. The zero-order valence-electron chi connectivity index (χ0n) is 11.9. The molecular weight excluding hydrogens is 256 g/mol. The van der Waals surface area contributed by atoms with Crippen molar-refractivity contribution in [2.75, 3.05) is 43.9 Å². The van der Waals surface area contributed by atoms with Gasteiger partial charge in [0.05, 0.1) is 4.92 Å². The second-order valence-corrected chi connectivity index (χ2v) is 5.10. The molecule has 0 spiro atoms. The predicted octanol–water partition coefficient (Wildman–Crippen LogP) is 2.53. The van der Waals surface area contributed by atoms with Gasteiger partial charge in [-0.05, 0) is 32.0 Å². The van der Waals surface area contributed by atoms with Gasteiger partial charge >= 0.3 is 0 Å². The van der Waals surface area contributed by atoms with Crippen LogP contribution in [0.25, 0.3) is 0 Å². The highest BCUT2D eigenvalue weighted by Crippen LogP contribution is 2.23. The normalized spacial score (nSPS) is 15.8. The summed E-state index contributed by atoms with van der Waals surface area (Å²) in [5, 5.41) is 17.1. The molecule has 0 bridgehead atoms. The number of rotatable bonds is 6. The Balaban J connectivity index is 1.91. The maximum absolute atomic E-state index is 10.9. The summed E-state index contributed by atoms with van der Waals surface area (Å²) in [5.41, 5.74) is 1.65. The van der Waals surface area contributed by atoms with Crippen LogP contribution in [0.5, 0.6) is 0 Å². The van der Waals surface area contributed by atoms with Gasteiger partial charge in [-0.25, -0.2) is 0 Å². The van der Waals surface area contributed by atoms with Crippen LogP contribution in [0.15, 0.2) is 18.2 Å². The molecule has 6 nitrogen and oxygen atoms in total. The fourth-order valence-electron chi connectivity index (χ4n) is 2.50. The van der Waals surface area contributed by atoms with Crippen molar-refractivity contribution in [3.63, 3.8) is 0 Å². The number of nitrogens with zero attached hydrogens (tertiary/aromatic N) is 2. The summed E-state index contributed by atoms with van der Waals surface area (Å²) in [4.78, 5) is 13.0. The van der Waals surface area contributed by atoms with Crippen LogP contribution >= 0.6 is 0 Å². The number of anilines is 2. The largest absolute Gasteiger partial charge is 0.388 e. The second-order valence-electron chi connectivity index (χ2n) is 5.10. The van der Waals surface area contributed by atoms with Gasteiger partial charge in [0.15, 0.2) is 0 Å². The van der Waals surface area contributed by atoms with E-state index in [1.807, 2.05) is 6.07 Å². The molecule has 0 saturated carbocycles. The summed E-state index contributed by atoms with van der Waals surface area (Å²) in [6.45, 7) is 4.12. The zero-order chi connectivity index (χ0) is 14.4. The topological polar surface area (TPSA) is 70.4 Å². The number of likely N-dealkylation sites (tertiary alicyclic amines) is 1. The minimum Gasteiger partial charge on any atom is -0.388 e. The average Bonchev–Trinajstić information content (AvgIpc) is 2.48. The van der Waals surface area contributed by atoms with Crippen molar-refractivity contribution in [3.8, 4) is 0 Å². The summed E-state index contributed by atoms with van der Waals surface area (Å²) < 4.78 is 0. The molecular formula is C14H22N4O2. The van der Waals surface area contributed by atoms with Gasteiger partial charge in [0.2, 0.25) is 0 Å². The van der Waals surface area contributed by atoms with Crippen molar-refractivity contribution >= 4 is 17.1 Å². The van der Waals surface area contributed by atoms with Crippen molar-refractivity contribution in [1.29, 1.82) is 0 Å². The van der Waals surface area contributed by atoms with Crippen molar-refractivity contribution in [3.05, 3.63) is 28.3 Å². The second kappa shape index (κ2) is 7.09. The number of nitro benzene ring substituents is 1. The van der Waals surface area contributed by atoms with E-state index in [4.69, 9.17) is 0 Å². The van der Waals surface area contributed by atoms with Crippen molar-refractivity contribution in [2.24, 2.45) is 0 Å². The lowest BCUT2D eigenvalue weighted by Crippen LogP contribution is -2.33. The molecule has 0 aromatic heterocycles. The summed E-state index contributed by atoms with van der Waals surface area (Å²) in [5.74, 6) is 0. The smallest absolute Gasteiger partial charge is 0.273 e. The monoisotopic (exact) mass is 278 g/mol. The molecule has 1 aliphatic heterocycles. The lowest BCUT2D eigenvalue weighted by Gasteiger charge is -2.26. The maximum Gasteiger partial charge on any atom is 0.273 e. The van der Waals surface area contributed by atoms with Crippen LogP contribution in [-0.4, -0.2) is 43.0 Å². The molecule has 20 heavy (non-hydrogen) atoms. The molecule has 1 saturated heterocycles. The van der Waals surface area contributed by atoms with Gasteiger partial charge in [0.1, 0.15) is 0 Å². The number of benzene rings is 1. The standard InChI is InChI=1S/C14H22N4O2/c1-15-12-9-13(11-14(10-12)18(19)20)16-5-8-17-6-3-2-4-7-17/h9-11,15-16H,2-8H2,1H3. The first-order valence-electron chi connectivity index (χ1n) is 7.12. The molecule has 0 aliphatic carbocycles. The third-order valence-electron chi connectivity index (χ3n) is 3.62. The lowest BCUT2D eigenvalue weighted by atomic mass is 10.1. The Hall–Kier alpha value is -1.82. The number of hydrogen-bond donors (Lipinski definition) is 2. The van der Waals surface area contributed by atoms with E-state index >= 15 is 0 Å². The molecule has 2 N–H and O–H groups in total. The first-order valence-corrected chi connectivity index (χ1v) is 7.12. The van der Waals surface area contributed by atoms with Gasteiger partial charge in [-0.2, -0.15) is 0 Å². The van der Waals surface area contributed by atoms with Gasteiger partial charge in [-0.1, -0.05) is 6.42 Å². The molecule has 0 unspecified atom stereocenters. The summed E-state index contributed by atoms with van der Waals surface area (Å²) in [7, 11) is 1.76. The third kappa shape index (κ3) is 4.09. The molecule has 6 heteroatoms. The van der Waals surface area contributed by atoms with Gasteiger partial charge < -0.3 is 15.5 Å². The average molecular weight is 278 g/mol. The molecule has 1 heterocycles. The van der Waals surface area contributed by atoms with Gasteiger partial charge in [-0.3, -0.25) is 10.1 Å². The first kappa shape index (κ1) is 14.6. The molecule has 0 amide bonds. The molecule has 1 aromatic rings. The minimum atomic E-state index is -0.364. The molecule has 1 aromatic carbocycles. The number of hydrogen-bond acceptors (Lipinski definition) is 5. The third-order valence-corrected chi connectivity index (χ3v) is 3.62. The first-order chi connectivity index (χ1) is 9.69. The zero-order valence-corrected chi connectivity index (χ0v) is 11.9. The van der Waals surface area contributed by atoms with E-state index in [0.29, 0.717) is 0 Å². The highest BCUT2D eigenvalue weighted by molar-refractivity contribution is 5.63. The minimum absolute atomic E-state index is 0.109. The number of nitrogens with one attached hydrogen (secondary N) is 2. The Morgan fingerprint density at radius 2 is 1.90 bits per heavy atom. The van der Waals surface area contributed by atoms with Crippen LogP contribution in [0.1, 0.15) is 19.3 Å². The summed E-state index contributed by atoms with van der Waals surface area (Å²) in [6, 6.07) is 5.01. The van der Waals surface area contributed by atoms with Crippen LogP contribution in [0.2, 0.25) is 0 Å². The van der Waals surface area contributed by atoms with Crippen molar-refractivity contribution < 1.29 is 4.92 Å². The van der Waals surface area contributed by atoms with Crippen molar-refractivity contribution in [2.45, 2.75) is 19.3 Å². The van der Waals surface area contributed by atoms with Crippen molar-refractivity contribution in [1.82, 2.24) is 4.90 Å². The Morgan fingerprint density at radius 1 is 1.20 bits per heavy atom. The highest BCUT2D eigenvalue weighted by atomic mass is 16.6. The summed E-state index contributed by atoms with van der Waals surface area (Å²) in [6.07, 6.45) is 3.89. The SMILES string of the molecule is CNc1cc(NCCN2CCCCC2)cc([N+](=O)[O-])c1. The Bertz CT molecular complexity index is 458. The summed E-state index contributed by atoms with van der Waals surface area (Å²) >= 11 is 0. The number of piperidine rings is 1. The van der Waals surface area contributed by atoms with Gasteiger partial charge in [0.25, 0.3) is 5.69 Å². The quantitative estimate of drug-likeness (QED) is 0.618. The number of nitro groups is 1. The molecule has 110 valence electrons. The highest BCUT2D eigenvalue weighted by Gasteiger charge is 2.11. The van der Waals surface area contributed by atoms with Crippen LogP contribution in [0, 0.1) is 10.1 Å². The molecule has 1 aliphatic rings. The lowest BCUT2D eigenvalue weighted by molar-refractivity contribution is -0.384. The molecule has 0 atom stereocenters. The van der Waals surface area contributed by atoms with E-state index in [1.165, 1.54) is 38.4 Å². The fraction of sp³-hybridized carbons (Fsp3) is 0.571. The van der Waals surface area contributed by atoms with E-state index in [9.17, 15) is 10.1 Å². The van der Waals surface area contributed by atoms with Gasteiger partial charge in [-0.15, -0.1) is 0 Å². The molecule has 0 radical (unpaired) electrons. The van der Waals surface area contributed by atoms with Crippen LogP contribution < -0.4 is 10.6 Å². The van der Waals surface area contributed by atoms with E-state index in [2.05, 4.69) is 15.5 Å². The van der Waals surface area contributed by atoms with E-state index in [0.717, 1.165) is 24.5 Å².